The molecule has 0 aliphatic heterocycles. The lowest BCUT2D eigenvalue weighted by Gasteiger charge is -2.55. The summed E-state index contributed by atoms with van der Waals surface area (Å²) >= 11 is 7.28. The van der Waals surface area contributed by atoms with Gasteiger partial charge in [0.25, 0.3) is 0 Å². The highest BCUT2D eigenvalue weighted by Gasteiger charge is 2.53. The molecule has 29 heavy (non-hydrogen) atoms. The number of nitriles is 1. The molecule has 6 rings (SSSR count). The molecule has 4 aliphatic rings. The minimum atomic E-state index is -0.213. The van der Waals surface area contributed by atoms with Gasteiger partial charge >= 0.3 is 0 Å². The molecular formula is C21H22ClN5OS. The molecule has 0 unspecified atom stereocenters. The van der Waals surface area contributed by atoms with Gasteiger partial charge in [-0.1, -0.05) is 23.4 Å². The number of nitrogens with one attached hydrogen (secondary N) is 2. The third kappa shape index (κ3) is 3.64. The standard InChI is InChI=1S/C21H22ClN5OS/c22-16-2-1-15(10-23)17(6-16)24-18(28)11-29-20-25-19(26-27-20)21-7-12-3-13(8-21)5-14(4-12)9-21/h1-2,6,12-14H,3-5,7-9,11H2,(H,24,28)(H,25,26,27). The van der Waals surface area contributed by atoms with Crippen LogP contribution in [0.2, 0.25) is 5.02 Å². The lowest BCUT2D eigenvalue weighted by atomic mass is 9.49. The summed E-state index contributed by atoms with van der Waals surface area (Å²) in [6.45, 7) is 0. The number of hydrogen-bond acceptors (Lipinski definition) is 5. The fourth-order valence-corrected chi connectivity index (χ4v) is 6.75. The molecule has 4 fully saturated rings. The van der Waals surface area contributed by atoms with Gasteiger partial charge in [-0.15, -0.1) is 5.10 Å². The second-order valence-electron chi connectivity index (χ2n) is 8.80. The zero-order valence-electron chi connectivity index (χ0n) is 15.9. The number of carbonyl (C=O) groups excluding carboxylic acids is 1. The van der Waals surface area contributed by atoms with Crippen LogP contribution in [-0.2, 0) is 10.2 Å². The Morgan fingerprint density at radius 1 is 1.28 bits per heavy atom. The first kappa shape index (κ1) is 19.0. The van der Waals surface area contributed by atoms with Crippen molar-refractivity contribution < 1.29 is 4.79 Å². The Morgan fingerprint density at radius 2 is 1.97 bits per heavy atom. The van der Waals surface area contributed by atoms with Crippen molar-refractivity contribution in [3.05, 3.63) is 34.6 Å². The minimum absolute atomic E-state index is 0.172. The van der Waals surface area contributed by atoms with E-state index in [9.17, 15) is 10.1 Å². The third-order valence-corrected chi connectivity index (χ3v) is 7.80. The maximum Gasteiger partial charge on any atom is 0.234 e. The van der Waals surface area contributed by atoms with Gasteiger partial charge in [-0.3, -0.25) is 9.89 Å². The van der Waals surface area contributed by atoms with Gasteiger partial charge in [0.15, 0.2) is 0 Å². The van der Waals surface area contributed by atoms with E-state index in [-0.39, 0.29) is 17.1 Å². The number of H-pyrrole nitrogens is 1. The quantitative estimate of drug-likeness (QED) is 0.683. The number of aromatic amines is 1. The van der Waals surface area contributed by atoms with Crippen LogP contribution in [-0.4, -0.2) is 26.8 Å². The Balaban J connectivity index is 1.23. The van der Waals surface area contributed by atoms with Crippen molar-refractivity contribution >= 4 is 35.0 Å². The van der Waals surface area contributed by atoms with Gasteiger partial charge in [0.05, 0.1) is 17.0 Å². The summed E-state index contributed by atoms with van der Waals surface area (Å²) < 4.78 is 0. The Hall–Kier alpha value is -2.04. The van der Waals surface area contributed by atoms with Crippen molar-refractivity contribution in [2.45, 2.75) is 49.1 Å². The second-order valence-corrected chi connectivity index (χ2v) is 10.2. The van der Waals surface area contributed by atoms with Crippen LogP contribution < -0.4 is 5.32 Å². The Kier molecular flexibility index (Phi) is 4.79. The van der Waals surface area contributed by atoms with Gasteiger partial charge in [-0.05, 0) is 74.5 Å². The summed E-state index contributed by atoms with van der Waals surface area (Å²) in [5.41, 5.74) is 0.982. The lowest BCUT2D eigenvalue weighted by molar-refractivity contribution is -0.113. The molecule has 150 valence electrons. The molecule has 8 heteroatoms. The minimum Gasteiger partial charge on any atom is -0.324 e. The van der Waals surface area contributed by atoms with Crippen LogP contribution >= 0.6 is 23.4 Å². The summed E-state index contributed by atoms with van der Waals surface area (Å²) in [5.74, 6) is 3.52. The lowest BCUT2D eigenvalue weighted by Crippen LogP contribution is -2.49. The number of amides is 1. The monoisotopic (exact) mass is 427 g/mol. The van der Waals surface area contributed by atoms with Gasteiger partial charge in [-0.2, -0.15) is 5.26 Å². The van der Waals surface area contributed by atoms with Crippen molar-refractivity contribution in [2.75, 3.05) is 11.1 Å². The first-order chi connectivity index (χ1) is 14.0. The number of halogens is 1. The highest BCUT2D eigenvalue weighted by atomic mass is 35.5. The summed E-state index contributed by atoms with van der Waals surface area (Å²) in [7, 11) is 0. The van der Waals surface area contributed by atoms with Gasteiger partial charge in [0.2, 0.25) is 11.1 Å². The predicted molar refractivity (Wildman–Crippen MR) is 112 cm³/mol. The normalized spacial score (nSPS) is 29.6. The van der Waals surface area contributed by atoms with Crippen LogP contribution in [0.3, 0.4) is 0 Å². The van der Waals surface area contributed by atoms with Gasteiger partial charge in [0, 0.05) is 10.4 Å². The fourth-order valence-electron chi connectivity index (χ4n) is 5.98. The third-order valence-electron chi connectivity index (χ3n) is 6.71. The molecule has 0 radical (unpaired) electrons. The molecule has 0 saturated heterocycles. The van der Waals surface area contributed by atoms with Crippen molar-refractivity contribution in [3.8, 4) is 6.07 Å². The highest BCUT2D eigenvalue weighted by molar-refractivity contribution is 7.99. The molecule has 1 amide bonds. The van der Waals surface area contributed by atoms with Crippen molar-refractivity contribution in [2.24, 2.45) is 17.8 Å². The van der Waals surface area contributed by atoms with E-state index in [1.54, 1.807) is 18.2 Å². The molecule has 1 aromatic heterocycles. The largest absolute Gasteiger partial charge is 0.324 e. The topological polar surface area (TPSA) is 94.5 Å². The van der Waals surface area contributed by atoms with E-state index in [4.69, 9.17) is 16.6 Å². The number of aromatic nitrogens is 3. The predicted octanol–water partition coefficient (Wildman–Crippen LogP) is 4.53. The van der Waals surface area contributed by atoms with Crippen LogP contribution in [0.15, 0.2) is 23.4 Å². The zero-order chi connectivity index (χ0) is 20.0. The molecule has 1 heterocycles. The number of benzene rings is 1. The first-order valence-corrected chi connectivity index (χ1v) is 11.4. The summed E-state index contributed by atoms with van der Waals surface area (Å²) in [6.07, 6.45) is 7.86. The summed E-state index contributed by atoms with van der Waals surface area (Å²) in [5, 5.41) is 20.6. The van der Waals surface area contributed by atoms with Crippen LogP contribution in [0.1, 0.15) is 49.9 Å². The Bertz CT molecular complexity index is 962. The molecule has 2 N–H and O–H groups in total. The number of rotatable bonds is 5. The van der Waals surface area contributed by atoms with E-state index in [0.29, 0.717) is 21.4 Å². The van der Waals surface area contributed by atoms with E-state index in [0.717, 1.165) is 23.6 Å². The molecule has 0 spiro atoms. The van der Waals surface area contributed by atoms with Crippen molar-refractivity contribution in [1.29, 1.82) is 5.26 Å². The molecule has 4 saturated carbocycles. The maximum atomic E-state index is 12.3. The van der Waals surface area contributed by atoms with Crippen molar-refractivity contribution in [1.82, 2.24) is 15.2 Å². The smallest absolute Gasteiger partial charge is 0.234 e. The van der Waals surface area contributed by atoms with Gasteiger partial charge in [0.1, 0.15) is 11.9 Å². The Labute approximate surface area is 178 Å². The fraction of sp³-hybridized carbons (Fsp3) is 0.524. The number of nitrogens with zero attached hydrogens (tertiary/aromatic N) is 3. The number of anilines is 1. The average molecular weight is 428 g/mol. The average Bonchev–Trinajstić information content (AvgIpc) is 3.16. The van der Waals surface area contributed by atoms with E-state index in [1.807, 2.05) is 0 Å². The van der Waals surface area contributed by atoms with E-state index in [2.05, 4.69) is 21.6 Å². The Morgan fingerprint density at radius 3 is 2.62 bits per heavy atom. The summed E-state index contributed by atoms with van der Waals surface area (Å²) in [6, 6.07) is 6.87. The molecule has 4 aliphatic carbocycles. The summed E-state index contributed by atoms with van der Waals surface area (Å²) in [4.78, 5) is 17.1. The molecule has 4 bridgehead atoms. The SMILES string of the molecule is N#Cc1ccc(Cl)cc1NC(=O)CSc1n[nH]c(C23CC4CC(CC(C4)C2)C3)n1. The molecule has 6 nitrogen and oxygen atoms in total. The zero-order valence-corrected chi connectivity index (χ0v) is 17.5. The maximum absolute atomic E-state index is 12.3. The number of thioether (sulfide) groups is 1. The molecule has 0 atom stereocenters. The van der Waals surface area contributed by atoms with Crippen LogP contribution in [0.5, 0.6) is 0 Å². The molecular weight excluding hydrogens is 406 g/mol. The highest BCUT2D eigenvalue weighted by Crippen LogP contribution is 2.60. The van der Waals surface area contributed by atoms with E-state index < -0.39 is 0 Å². The molecule has 2 aromatic rings. The van der Waals surface area contributed by atoms with E-state index in [1.165, 1.54) is 50.3 Å². The van der Waals surface area contributed by atoms with E-state index >= 15 is 0 Å². The van der Waals surface area contributed by atoms with Crippen LogP contribution in [0, 0.1) is 29.1 Å². The molecule has 1 aromatic carbocycles. The second kappa shape index (κ2) is 7.33. The van der Waals surface area contributed by atoms with Gasteiger partial charge < -0.3 is 5.32 Å². The first-order valence-electron chi connectivity index (χ1n) is 10.1. The van der Waals surface area contributed by atoms with Crippen molar-refractivity contribution in [3.63, 3.8) is 0 Å². The van der Waals surface area contributed by atoms with Gasteiger partial charge in [-0.25, -0.2) is 4.98 Å². The number of carbonyl (C=O) groups is 1. The van der Waals surface area contributed by atoms with Crippen LogP contribution in [0.4, 0.5) is 5.69 Å². The van der Waals surface area contributed by atoms with Crippen LogP contribution in [0.25, 0.3) is 0 Å². The number of hydrogen-bond donors (Lipinski definition) is 2.